The zero-order valence-electron chi connectivity index (χ0n) is 15.9. The molecular formula is C21H26N4O2. The molecule has 2 aliphatic heterocycles. The maximum atomic E-state index is 11.9. The van der Waals surface area contributed by atoms with Crippen LogP contribution in [-0.4, -0.2) is 43.1 Å². The fourth-order valence-corrected chi connectivity index (χ4v) is 3.76. The summed E-state index contributed by atoms with van der Waals surface area (Å²) in [7, 11) is 0. The lowest BCUT2D eigenvalue weighted by Gasteiger charge is -2.36. The number of piperazine rings is 1. The van der Waals surface area contributed by atoms with Crippen molar-refractivity contribution < 1.29 is 9.53 Å². The highest BCUT2D eigenvalue weighted by molar-refractivity contribution is 5.97. The molecule has 0 spiro atoms. The van der Waals surface area contributed by atoms with E-state index in [-0.39, 0.29) is 5.91 Å². The van der Waals surface area contributed by atoms with Crippen molar-refractivity contribution in [3.05, 3.63) is 47.5 Å². The van der Waals surface area contributed by atoms with Crippen LogP contribution in [0.4, 0.5) is 17.1 Å². The molecule has 3 N–H and O–H groups in total. The van der Waals surface area contributed by atoms with Crippen molar-refractivity contribution in [1.29, 1.82) is 0 Å². The molecule has 0 aliphatic carbocycles. The standard InChI is InChI=1S/C21H26N4O2/c1-14-11-16(12-19-20(14)27-15(2)21(26)23-19)13-24-7-9-25(10-8-24)18-5-3-17(22)4-6-18/h3-6,11-12,15H,7-10,13,22H2,1-2H3,(H,23,26). The number of aryl methyl sites for hydroxylation is 1. The second-order valence-electron chi connectivity index (χ2n) is 7.39. The van der Waals surface area contributed by atoms with Gasteiger partial charge in [0.05, 0.1) is 5.69 Å². The average molecular weight is 366 g/mol. The van der Waals surface area contributed by atoms with Gasteiger partial charge in [-0.3, -0.25) is 9.69 Å². The summed E-state index contributed by atoms with van der Waals surface area (Å²) in [5.41, 5.74) is 10.9. The van der Waals surface area contributed by atoms with Crippen LogP contribution in [0.1, 0.15) is 18.1 Å². The van der Waals surface area contributed by atoms with Crippen LogP contribution in [0.3, 0.4) is 0 Å². The molecule has 1 fully saturated rings. The molecule has 0 aromatic heterocycles. The monoisotopic (exact) mass is 366 g/mol. The van der Waals surface area contributed by atoms with Gasteiger partial charge in [-0.2, -0.15) is 0 Å². The predicted molar refractivity (Wildman–Crippen MR) is 108 cm³/mol. The second-order valence-corrected chi connectivity index (χ2v) is 7.39. The van der Waals surface area contributed by atoms with Gasteiger partial charge in [-0.25, -0.2) is 0 Å². The van der Waals surface area contributed by atoms with Crippen molar-refractivity contribution in [1.82, 2.24) is 4.90 Å². The normalized spacial score (nSPS) is 20.0. The number of hydrogen-bond donors (Lipinski definition) is 2. The summed E-state index contributed by atoms with van der Waals surface area (Å²) in [6.07, 6.45) is -0.441. The van der Waals surface area contributed by atoms with Crippen LogP contribution >= 0.6 is 0 Å². The molecule has 1 unspecified atom stereocenters. The third-order valence-electron chi connectivity index (χ3n) is 5.29. The van der Waals surface area contributed by atoms with Gasteiger partial charge in [-0.05, 0) is 55.3 Å². The first kappa shape index (κ1) is 17.7. The lowest BCUT2D eigenvalue weighted by molar-refractivity contribution is -0.122. The second kappa shape index (κ2) is 7.12. The number of ether oxygens (including phenoxy) is 1. The highest BCUT2D eigenvalue weighted by Crippen LogP contribution is 2.34. The Morgan fingerprint density at radius 2 is 1.85 bits per heavy atom. The molecule has 1 amide bonds. The lowest BCUT2D eigenvalue weighted by atomic mass is 10.1. The number of nitrogens with zero attached hydrogens (tertiary/aromatic N) is 2. The minimum Gasteiger partial charge on any atom is -0.478 e. The number of hydrogen-bond acceptors (Lipinski definition) is 5. The van der Waals surface area contributed by atoms with Gasteiger partial charge in [0.2, 0.25) is 0 Å². The van der Waals surface area contributed by atoms with Crippen molar-refractivity contribution >= 4 is 23.0 Å². The minimum absolute atomic E-state index is 0.0869. The van der Waals surface area contributed by atoms with Gasteiger partial charge >= 0.3 is 0 Å². The molecule has 0 saturated carbocycles. The van der Waals surface area contributed by atoms with Crippen LogP contribution in [0.15, 0.2) is 36.4 Å². The molecule has 2 aliphatic rings. The minimum atomic E-state index is -0.441. The van der Waals surface area contributed by atoms with Crippen LogP contribution in [0.25, 0.3) is 0 Å². The Hall–Kier alpha value is -2.73. The van der Waals surface area contributed by atoms with E-state index >= 15 is 0 Å². The molecular weight excluding hydrogens is 340 g/mol. The van der Waals surface area contributed by atoms with Gasteiger partial charge in [0.25, 0.3) is 5.91 Å². The summed E-state index contributed by atoms with van der Waals surface area (Å²) in [4.78, 5) is 16.7. The number of nitrogens with two attached hydrogens (primary N) is 1. The van der Waals surface area contributed by atoms with Crippen molar-refractivity contribution in [2.24, 2.45) is 0 Å². The van der Waals surface area contributed by atoms with Crippen LogP contribution in [0.2, 0.25) is 0 Å². The highest BCUT2D eigenvalue weighted by Gasteiger charge is 2.26. The highest BCUT2D eigenvalue weighted by atomic mass is 16.5. The van der Waals surface area contributed by atoms with E-state index in [0.717, 1.165) is 55.4 Å². The summed E-state index contributed by atoms with van der Waals surface area (Å²) in [5.74, 6) is 0.704. The number of anilines is 3. The van der Waals surface area contributed by atoms with Crippen molar-refractivity contribution in [2.75, 3.05) is 42.1 Å². The summed E-state index contributed by atoms with van der Waals surface area (Å²) in [5, 5.41) is 2.96. The van der Waals surface area contributed by atoms with E-state index in [9.17, 15) is 4.79 Å². The molecule has 2 aromatic carbocycles. The van der Waals surface area contributed by atoms with Crippen molar-refractivity contribution in [2.45, 2.75) is 26.5 Å². The van der Waals surface area contributed by atoms with Gasteiger partial charge in [-0.15, -0.1) is 0 Å². The third-order valence-corrected chi connectivity index (χ3v) is 5.29. The van der Waals surface area contributed by atoms with E-state index in [2.05, 4.69) is 33.3 Å². The number of carbonyl (C=O) groups is 1. The fourth-order valence-electron chi connectivity index (χ4n) is 3.76. The predicted octanol–water partition coefficient (Wildman–Crippen LogP) is 2.62. The smallest absolute Gasteiger partial charge is 0.265 e. The Kier molecular flexibility index (Phi) is 4.66. The summed E-state index contributed by atoms with van der Waals surface area (Å²) < 4.78 is 5.75. The molecule has 4 rings (SSSR count). The Morgan fingerprint density at radius 1 is 1.15 bits per heavy atom. The van der Waals surface area contributed by atoms with Gasteiger partial charge in [0.15, 0.2) is 6.10 Å². The van der Waals surface area contributed by atoms with Gasteiger partial charge < -0.3 is 20.7 Å². The first-order valence-electron chi connectivity index (χ1n) is 9.43. The Labute approximate surface area is 159 Å². The van der Waals surface area contributed by atoms with E-state index in [1.165, 1.54) is 11.3 Å². The van der Waals surface area contributed by atoms with E-state index in [4.69, 9.17) is 10.5 Å². The first-order valence-corrected chi connectivity index (χ1v) is 9.43. The van der Waals surface area contributed by atoms with Gasteiger partial charge in [0.1, 0.15) is 5.75 Å². The van der Waals surface area contributed by atoms with E-state index < -0.39 is 6.10 Å². The third kappa shape index (κ3) is 3.71. The number of nitrogens with one attached hydrogen (secondary N) is 1. The number of nitrogen functional groups attached to an aromatic ring is 1. The molecule has 1 atom stereocenters. The molecule has 1 saturated heterocycles. The number of rotatable bonds is 3. The number of amides is 1. The van der Waals surface area contributed by atoms with Crippen molar-refractivity contribution in [3.63, 3.8) is 0 Å². The van der Waals surface area contributed by atoms with Crippen LogP contribution in [0, 0.1) is 6.92 Å². The number of carbonyl (C=O) groups excluding carboxylic acids is 1. The SMILES string of the molecule is Cc1cc(CN2CCN(c3ccc(N)cc3)CC2)cc2c1OC(C)C(=O)N2. The molecule has 0 bridgehead atoms. The lowest BCUT2D eigenvalue weighted by Crippen LogP contribution is -2.46. The zero-order chi connectivity index (χ0) is 19.0. The van der Waals surface area contributed by atoms with Gasteiger partial charge in [-0.1, -0.05) is 6.07 Å². The Balaban J connectivity index is 1.41. The Morgan fingerprint density at radius 3 is 2.56 bits per heavy atom. The molecule has 6 heteroatoms. The quantitative estimate of drug-likeness (QED) is 0.817. The number of benzene rings is 2. The number of fused-ring (bicyclic) bond motifs is 1. The maximum absolute atomic E-state index is 11.9. The van der Waals surface area contributed by atoms with Crippen LogP contribution in [-0.2, 0) is 11.3 Å². The average Bonchev–Trinajstić information content (AvgIpc) is 2.65. The molecule has 27 heavy (non-hydrogen) atoms. The maximum Gasteiger partial charge on any atom is 0.265 e. The van der Waals surface area contributed by atoms with Gasteiger partial charge in [0, 0.05) is 44.1 Å². The summed E-state index contributed by atoms with van der Waals surface area (Å²) in [6, 6.07) is 12.3. The molecule has 2 aromatic rings. The fraction of sp³-hybridized carbons (Fsp3) is 0.381. The molecule has 6 nitrogen and oxygen atoms in total. The topological polar surface area (TPSA) is 70.8 Å². The summed E-state index contributed by atoms with van der Waals surface area (Å²) >= 11 is 0. The first-order chi connectivity index (χ1) is 13.0. The summed E-state index contributed by atoms with van der Waals surface area (Å²) in [6.45, 7) is 8.66. The molecule has 142 valence electrons. The van der Waals surface area contributed by atoms with E-state index in [1.807, 2.05) is 25.1 Å². The van der Waals surface area contributed by atoms with Crippen molar-refractivity contribution in [3.8, 4) is 5.75 Å². The van der Waals surface area contributed by atoms with Crippen LogP contribution < -0.4 is 20.7 Å². The zero-order valence-corrected chi connectivity index (χ0v) is 15.9. The van der Waals surface area contributed by atoms with E-state index in [1.54, 1.807) is 6.92 Å². The van der Waals surface area contributed by atoms with Crippen LogP contribution in [0.5, 0.6) is 5.75 Å². The van der Waals surface area contributed by atoms with E-state index in [0.29, 0.717) is 0 Å². The molecule has 0 radical (unpaired) electrons. The Bertz CT molecular complexity index is 842. The largest absolute Gasteiger partial charge is 0.478 e. The molecule has 2 heterocycles.